The predicted molar refractivity (Wildman–Crippen MR) is 139 cm³/mol. The number of halogens is 3. The average molecular weight is 540 g/mol. The fourth-order valence-electron chi connectivity index (χ4n) is 5.49. The molecule has 0 spiro atoms. The number of benzene rings is 1. The first-order chi connectivity index (χ1) is 18.1. The molecule has 2 aromatic heterocycles. The highest BCUT2D eigenvalue weighted by Gasteiger charge is 2.39. The van der Waals surface area contributed by atoms with Gasteiger partial charge in [0.1, 0.15) is 10.9 Å². The highest BCUT2D eigenvalue weighted by Crippen LogP contribution is 2.44. The summed E-state index contributed by atoms with van der Waals surface area (Å²) in [7, 11) is 0. The molecule has 2 N–H and O–H groups in total. The Morgan fingerprint density at radius 2 is 2.00 bits per heavy atom. The Hall–Kier alpha value is -3.42. The number of carbonyl (C=O) groups is 1. The summed E-state index contributed by atoms with van der Waals surface area (Å²) >= 11 is 1.31. The van der Waals surface area contributed by atoms with Crippen LogP contribution in [0.4, 0.5) is 13.2 Å². The Balaban J connectivity index is 1.57. The van der Waals surface area contributed by atoms with Crippen molar-refractivity contribution in [3.63, 3.8) is 0 Å². The zero-order valence-electron chi connectivity index (χ0n) is 21.0. The average Bonchev–Trinajstić information content (AvgIpc) is 3.64. The molecule has 1 atom stereocenters. The molecule has 5 rings (SSSR count). The summed E-state index contributed by atoms with van der Waals surface area (Å²) in [4.78, 5) is 16.4. The highest BCUT2D eigenvalue weighted by atomic mass is 32.1. The van der Waals surface area contributed by atoms with E-state index in [-0.39, 0.29) is 18.0 Å². The van der Waals surface area contributed by atoms with Crippen molar-refractivity contribution in [2.45, 2.75) is 63.3 Å². The monoisotopic (exact) mass is 539 g/mol. The highest BCUT2D eigenvalue weighted by molar-refractivity contribution is 7.12. The zero-order chi connectivity index (χ0) is 27.1. The van der Waals surface area contributed by atoms with Gasteiger partial charge in [0, 0.05) is 47.3 Å². The van der Waals surface area contributed by atoms with E-state index in [1.165, 1.54) is 28.3 Å². The normalized spacial score (nSPS) is 19.1. The summed E-state index contributed by atoms with van der Waals surface area (Å²) < 4.78 is 43.2. The van der Waals surface area contributed by atoms with Gasteiger partial charge >= 0.3 is 6.18 Å². The summed E-state index contributed by atoms with van der Waals surface area (Å²) in [6.07, 6.45) is 3.86. The second kappa shape index (κ2) is 10.0. The van der Waals surface area contributed by atoms with E-state index in [4.69, 9.17) is 5.73 Å². The summed E-state index contributed by atoms with van der Waals surface area (Å²) in [5, 5.41) is 13.4. The van der Waals surface area contributed by atoms with Crippen molar-refractivity contribution in [2.24, 2.45) is 5.73 Å². The molecule has 6 nitrogen and oxygen atoms in total. The number of nitrogens with zero attached hydrogens (tertiary/aromatic N) is 4. The number of hydrogen-bond donors (Lipinski definition) is 1. The van der Waals surface area contributed by atoms with E-state index in [0.717, 1.165) is 36.1 Å². The topological polar surface area (TPSA) is 87.9 Å². The smallest absolute Gasteiger partial charge is 0.333 e. The number of rotatable bonds is 5. The van der Waals surface area contributed by atoms with Crippen LogP contribution in [0.5, 0.6) is 0 Å². The van der Waals surface area contributed by atoms with Crippen LogP contribution in [-0.2, 0) is 24.1 Å². The largest absolute Gasteiger partial charge is 0.435 e. The SMILES string of the molecule is CCn1cc(-c2ccccc2[C@@H]2CN(C(=O)/C=C/C3(N)CCCC3)Cc3sc(C#N)cc32)c(C(F)(F)F)n1. The zero-order valence-corrected chi connectivity index (χ0v) is 21.8. The molecule has 1 amide bonds. The third-order valence-corrected chi connectivity index (χ3v) is 8.49. The lowest BCUT2D eigenvalue weighted by Crippen LogP contribution is -2.38. The molecule has 0 unspecified atom stereocenters. The number of aromatic nitrogens is 2. The van der Waals surface area contributed by atoms with Crippen LogP contribution in [0, 0.1) is 11.3 Å². The standard InChI is InChI=1S/C28H28F3N5OS/c1-2-36-16-23(26(34-36)28(29,30)31)20-8-4-3-7-19(20)22-15-35(17-24-21(22)13-18(14-32)38-24)25(37)9-12-27(33)10-5-6-11-27/h3-4,7-9,12-13,16,22H,2,5-6,10-11,15,17,33H2,1H3/b12-9+/t22-/m0/s1. The quantitative estimate of drug-likeness (QED) is 0.414. The molecule has 1 saturated carbocycles. The number of alkyl halides is 3. The maximum Gasteiger partial charge on any atom is 0.435 e. The van der Waals surface area contributed by atoms with Gasteiger partial charge in [-0.1, -0.05) is 43.2 Å². The van der Waals surface area contributed by atoms with E-state index in [2.05, 4.69) is 11.2 Å². The molecule has 1 aliphatic carbocycles. The second-order valence-electron chi connectivity index (χ2n) is 9.98. The lowest BCUT2D eigenvalue weighted by atomic mass is 9.83. The number of carbonyl (C=O) groups excluding carboxylic acids is 1. The van der Waals surface area contributed by atoms with Crippen molar-refractivity contribution in [3.05, 3.63) is 75.3 Å². The minimum Gasteiger partial charge on any atom is -0.333 e. The number of nitriles is 1. The molecular weight excluding hydrogens is 511 g/mol. The fourth-order valence-corrected chi connectivity index (χ4v) is 6.52. The molecule has 198 valence electrons. The van der Waals surface area contributed by atoms with Crippen LogP contribution in [0.15, 0.2) is 48.7 Å². The lowest BCUT2D eigenvalue weighted by Gasteiger charge is -2.33. The van der Waals surface area contributed by atoms with E-state index in [0.29, 0.717) is 29.1 Å². The molecule has 10 heteroatoms. The number of amides is 1. The minimum atomic E-state index is -4.62. The number of thiophene rings is 1. The molecule has 38 heavy (non-hydrogen) atoms. The Kier molecular flexibility index (Phi) is 6.92. The first kappa shape index (κ1) is 26.2. The van der Waals surface area contributed by atoms with Crippen LogP contribution >= 0.6 is 11.3 Å². The van der Waals surface area contributed by atoms with Gasteiger partial charge in [0.05, 0.1) is 6.54 Å². The van der Waals surface area contributed by atoms with Crippen molar-refractivity contribution in [2.75, 3.05) is 6.54 Å². The maximum atomic E-state index is 14.0. The van der Waals surface area contributed by atoms with Gasteiger partial charge in [-0.25, -0.2) is 0 Å². The van der Waals surface area contributed by atoms with Gasteiger partial charge in [-0.3, -0.25) is 9.48 Å². The van der Waals surface area contributed by atoms with Gasteiger partial charge in [-0.05, 0) is 42.5 Å². The van der Waals surface area contributed by atoms with Crippen molar-refractivity contribution < 1.29 is 18.0 Å². The van der Waals surface area contributed by atoms with E-state index in [9.17, 15) is 23.2 Å². The third-order valence-electron chi connectivity index (χ3n) is 7.45. The third kappa shape index (κ3) is 5.00. The molecule has 0 radical (unpaired) electrons. The van der Waals surface area contributed by atoms with Gasteiger partial charge in [0.25, 0.3) is 0 Å². The Bertz CT molecular complexity index is 1420. The van der Waals surface area contributed by atoms with Crippen LogP contribution < -0.4 is 5.73 Å². The lowest BCUT2D eigenvalue weighted by molar-refractivity contribution is -0.141. The van der Waals surface area contributed by atoms with Gasteiger partial charge in [0.2, 0.25) is 5.91 Å². The van der Waals surface area contributed by atoms with Crippen LogP contribution in [0.2, 0.25) is 0 Å². The second-order valence-corrected chi connectivity index (χ2v) is 11.1. The first-order valence-corrected chi connectivity index (χ1v) is 13.5. The Morgan fingerprint density at radius 1 is 1.26 bits per heavy atom. The minimum absolute atomic E-state index is 0.00175. The molecule has 0 saturated heterocycles. The van der Waals surface area contributed by atoms with E-state index >= 15 is 0 Å². The first-order valence-electron chi connectivity index (χ1n) is 12.7. The fraction of sp³-hybridized carbons (Fsp3) is 0.393. The maximum absolute atomic E-state index is 14.0. The summed E-state index contributed by atoms with van der Waals surface area (Å²) in [6.45, 7) is 2.64. The molecule has 3 heterocycles. The molecular formula is C28H28F3N5OS. The van der Waals surface area contributed by atoms with E-state index in [1.54, 1.807) is 48.2 Å². The molecule has 1 aromatic carbocycles. The van der Waals surface area contributed by atoms with Crippen molar-refractivity contribution in [3.8, 4) is 17.2 Å². The van der Waals surface area contributed by atoms with Gasteiger partial charge in [-0.15, -0.1) is 11.3 Å². The summed E-state index contributed by atoms with van der Waals surface area (Å²) in [5.74, 6) is -0.605. The number of hydrogen-bond acceptors (Lipinski definition) is 5. The van der Waals surface area contributed by atoms with Gasteiger partial charge in [0.15, 0.2) is 5.69 Å². The Morgan fingerprint density at radius 3 is 2.68 bits per heavy atom. The molecule has 1 fully saturated rings. The summed E-state index contributed by atoms with van der Waals surface area (Å²) in [5.41, 5.74) is 6.93. The number of aryl methyl sites for hydroxylation is 1. The van der Waals surface area contributed by atoms with Crippen LogP contribution in [-0.4, -0.2) is 32.7 Å². The number of nitrogens with two attached hydrogens (primary N) is 1. The van der Waals surface area contributed by atoms with Crippen molar-refractivity contribution in [1.82, 2.24) is 14.7 Å². The van der Waals surface area contributed by atoms with Crippen molar-refractivity contribution in [1.29, 1.82) is 5.26 Å². The van der Waals surface area contributed by atoms with Gasteiger partial charge < -0.3 is 10.6 Å². The molecule has 0 bridgehead atoms. The molecule has 1 aliphatic heterocycles. The van der Waals surface area contributed by atoms with Gasteiger partial charge in [-0.2, -0.15) is 23.5 Å². The number of fused-ring (bicyclic) bond motifs is 1. The molecule has 2 aliphatic rings. The predicted octanol–water partition coefficient (Wildman–Crippen LogP) is 5.82. The van der Waals surface area contributed by atoms with Crippen LogP contribution in [0.1, 0.15) is 65.1 Å². The van der Waals surface area contributed by atoms with Crippen molar-refractivity contribution >= 4 is 17.2 Å². The van der Waals surface area contributed by atoms with Crippen LogP contribution in [0.25, 0.3) is 11.1 Å². The van der Waals surface area contributed by atoms with Crippen LogP contribution in [0.3, 0.4) is 0 Å². The van der Waals surface area contributed by atoms with E-state index in [1.807, 2.05) is 0 Å². The summed E-state index contributed by atoms with van der Waals surface area (Å²) in [6, 6.07) is 10.9. The van der Waals surface area contributed by atoms with E-state index < -0.39 is 23.3 Å². The Labute approximate surface area is 223 Å². The molecule has 3 aromatic rings.